The number of rotatable bonds is 3. The molecule has 0 aromatic rings. The van der Waals surface area contributed by atoms with Crippen LogP contribution in [0, 0.1) is 0 Å². The molecule has 9 heavy (non-hydrogen) atoms. The molecule has 0 aromatic carbocycles. The quantitative estimate of drug-likeness (QED) is 0.421. The third-order valence-corrected chi connectivity index (χ3v) is 0.752. The third-order valence-electron chi connectivity index (χ3n) is 0.752. The van der Waals surface area contributed by atoms with Crippen LogP contribution in [0.25, 0.3) is 0 Å². The maximum atomic E-state index is 10.4. The van der Waals surface area contributed by atoms with E-state index in [2.05, 4.69) is 9.99 Å². The van der Waals surface area contributed by atoms with E-state index in [1.165, 1.54) is 14.0 Å². The zero-order valence-corrected chi connectivity index (χ0v) is 5.97. The molecule has 0 aliphatic rings. The molecule has 0 amide bonds. The summed E-state index contributed by atoms with van der Waals surface area (Å²) in [6.07, 6.45) is 0.383. The summed E-state index contributed by atoms with van der Waals surface area (Å²) < 4.78 is 0. The second kappa shape index (κ2) is 4.06. The van der Waals surface area contributed by atoms with E-state index in [0.717, 1.165) is 0 Å². The molecule has 0 aliphatic carbocycles. The molecule has 0 rings (SSSR count). The predicted octanol–water partition coefficient (Wildman–Crippen LogP) is 0.988. The molecular formula is C6H11NO2. The summed E-state index contributed by atoms with van der Waals surface area (Å²) in [4.78, 5) is 14.8. The van der Waals surface area contributed by atoms with Crippen molar-refractivity contribution in [2.45, 2.75) is 20.3 Å². The first kappa shape index (κ1) is 8.14. The lowest BCUT2D eigenvalue weighted by Gasteiger charge is -1.92. The van der Waals surface area contributed by atoms with Gasteiger partial charge >= 0.3 is 0 Å². The van der Waals surface area contributed by atoms with E-state index in [-0.39, 0.29) is 5.78 Å². The largest absolute Gasteiger partial charge is 0.399 e. The number of hydrogen-bond acceptors (Lipinski definition) is 3. The Morgan fingerprint density at radius 2 is 2.11 bits per heavy atom. The highest BCUT2D eigenvalue weighted by molar-refractivity contribution is 5.99. The Bertz CT molecular complexity index is 129. The minimum absolute atomic E-state index is 0.105. The Morgan fingerprint density at radius 1 is 1.56 bits per heavy atom. The molecule has 0 aliphatic heterocycles. The van der Waals surface area contributed by atoms with Gasteiger partial charge in [-0.05, 0) is 13.8 Å². The number of Topliss-reactive ketones (excluding diaryl/α,β-unsaturated/α-hetero) is 1. The van der Waals surface area contributed by atoms with Crippen molar-refractivity contribution in [2.75, 3.05) is 7.11 Å². The zero-order valence-electron chi connectivity index (χ0n) is 5.97. The van der Waals surface area contributed by atoms with Crippen LogP contribution in [-0.4, -0.2) is 18.6 Å². The van der Waals surface area contributed by atoms with Crippen LogP contribution in [-0.2, 0) is 9.63 Å². The summed E-state index contributed by atoms with van der Waals surface area (Å²) in [5.41, 5.74) is 0.713. The zero-order chi connectivity index (χ0) is 7.28. The molecule has 0 bridgehead atoms. The molecule has 0 fully saturated rings. The Morgan fingerprint density at radius 3 is 2.44 bits per heavy atom. The van der Waals surface area contributed by atoms with Crippen molar-refractivity contribution in [3.05, 3.63) is 0 Å². The second-order valence-electron chi connectivity index (χ2n) is 1.89. The highest BCUT2D eigenvalue weighted by Gasteiger charge is 1.95. The molecule has 0 spiro atoms. The van der Waals surface area contributed by atoms with Crippen LogP contribution in [0.1, 0.15) is 20.3 Å². The van der Waals surface area contributed by atoms with Gasteiger partial charge in [0.05, 0.1) is 5.71 Å². The Balaban J connectivity index is 3.62. The number of nitrogens with zero attached hydrogens (tertiary/aromatic N) is 1. The first-order valence-electron chi connectivity index (χ1n) is 2.73. The lowest BCUT2D eigenvalue weighted by Crippen LogP contribution is -1.99. The van der Waals surface area contributed by atoms with Crippen molar-refractivity contribution in [2.24, 2.45) is 5.16 Å². The van der Waals surface area contributed by atoms with E-state index in [1.807, 2.05) is 0 Å². The van der Waals surface area contributed by atoms with Crippen LogP contribution in [0.2, 0.25) is 0 Å². The van der Waals surface area contributed by atoms with Gasteiger partial charge in [0.25, 0.3) is 0 Å². The fourth-order valence-electron chi connectivity index (χ4n) is 0.548. The summed E-state index contributed by atoms with van der Waals surface area (Å²) in [5.74, 6) is 0.105. The molecule has 52 valence electrons. The summed E-state index contributed by atoms with van der Waals surface area (Å²) >= 11 is 0. The number of ketones is 1. The van der Waals surface area contributed by atoms with Gasteiger partial charge in [0, 0.05) is 6.42 Å². The third kappa shape index (κ3) is 5.00. The molecule has 0 atom stereocenters. The maximum Gasteiger partial charge on any atom is 0.135 e. The smallest absolute Gasteiger partial charge is 0.135 e. The maximum absolute atomic E-state index is 10.4. The van der Waals surface area contributed by atoms with E-state index < -0.39 is 0 Å². The average molecular weight is 129 g/mol. The molecule has 3 nitrogen and oxygen atoms in total. The molecule has 3 heteroatoms. The van der Waals surface area contributed by atoms with Crippen LogP contribution < -0.4 is 0 Å². The van der Waals surface area contributed by atoms with Gasteiger partial charge in [-0.1, -0.05) is 5.16 Å². The molecular weight excluding hydrogens is 118 g/mol. The molecule has 0 heterocycles. The summed E-state index contributed by atoms with van der Waals surface area (Å²) in [7, 11) is 1.46. The first-order valence-corrected chi connectivity index (χ1v) is 2.73. The van der Waals surface area contributed by atoms with Crippen LogP contribution in [0.5, 0.6) is 0 Å². The molecule has 0 N–H and O–H groups in total. The second-order valence-corrected chi connectivity index (χ2v) is 1.89. The highest BCUT2D eigenvalue weighted by atomic mass is 16.6. The van der Waals surface area contributed by atoms with Crippen molar-refractivity contribution in [1.29, 1.82) is 0 Å². The van der Waals surface area contributed by atoms with E-state index in [1.54, 1.807) is 6.92 Å². The number of carbonyl (C=O) groups excluding carboxylic acids is 1. The van der Waals surface area contributed by atoms with E-state index in [0.29, 0.717) is 12.1 Å². The normalized spacial score (nSPS) is 11.2. The van der Waals surface area contributed by atoms with Crippen LogP contribution >= 0.6 is 0 Å². The van der Waals surface area contributed by atoms with Crippen molar-refractivity contribution in [3.8, 4) is 0 Å². The van der Waals surface area contributed by atoms with Crippen LogP contribution in [0.15, 0.2) is 5.16 Å². The fraction of sp³-hybridized carbons (Fsp3) is 0.667. The standard InChI is InChI=1S/C6H11NO2/c1-5(7-9-3)4-6(2)8/h4H2,1-3H3. The van der Waals surface area contributed by atoms with Crippen LogP contribution in [0.3, 0.4) is 0 Å². The van der Waals surface area contributed by atoms with Crippen LogP contribution in [0.4, 0.5) is 0 Å². The minimum Gasteiger partial charge on any atom is -0.399 e. The number of carbonyl (C=O) groups is 1. The summed E-state index contributed by atoms with van der Waals surface area (Å²) in [6, 6.07) is 0. The van der Waals surface area contributed by atoms with Gasteiger partial charge in [0.15, 0.2) is 0 Å². The van der Waals surface area contributed by atoms with Gasteiger partial charge in [0.2, 0.25) is 0 Å². The average Bonchev–Trinajstić information content (AvgIpc) is 1.63. The van der Waals surface area contributed by atoms with E-state index in [4.69, 9.17) is 0 Å². The Kier molecular flexibility index (Phi) is 3.67. The first-order chi connectivity index (χ1) is 4.16. The van der Waals surface area contributed by atoms with Gasteiger partial charge in [0.1, 0.15) is 12.9 Å². The Labute approximate surface area is 54.7 Å². The van der Waals surface area contributed by atoms with Crippen molar-refractivity contribution in [1.82, 2.24) is 0 Å². The molecule has 0 saturated carbocycles. The van der Waals surface area contributed by atoms with Gasteiger partial charge in [-0.3, -0.25) is 4.79 Å². The number of hydrogen-bond donors (Lipinski definition) is 0. The lowest BCUT2D eigenvalue weighted by atomic mass is 10.2. The summed E-state index contributed by atoms with van der Waals surface area (Å²) in [5, 5.41) is 3.56. The minimum atomic E-state index is 0.105. The fourth-order valence-corrected chi connectivity index (χ4v) is 0.548. The molecule has 0 radical (unpaired) electrons. The monoisotopic (exact) mass is 129 g/mol. The van der Waals surface area contributed by atoms with Gasteiger partial charge in [-0.15, -0.1) is 0 Å². The highest BCUT2D eigenvalue weighted by Crippen LogP contribution is 1.87. The summed E-state index contributed by atoms with van der Waals surface area (Å²) in [6.45, 7) is 3.28. The van der Waals surface area contributed by atoms with E-state index >= 15 is 0 Å². The van der Waals surface area contributed by atoms with Gasteiger partial charge in [-0.25, -0.2) is 0 Å². The Hall–Kier alpha value is -0.860. The van der Waals surface area contributed by atoms with Gasteiger partial charge < -0.3 is 4.84 Å². The van der Waals surface area contributed by atoms with Crippen molar-refractivity contribution < 1.29 is 9.63 Å². The van der Waals surface area contributed by atoms with Gasteiger partial charge in [-0.2, -0.15) is 0 Å². The predicted molar refractivity (Wildman–Crippen MR) is 35.4 cm³/mol. The van der Waals surface area contributed by atoms with Crippen molar-refractivity contribution in [3.63, 3.8) is 0 Å². The lowest BCUT2D eigenvalue weighted by molar-refractivity contribution is -0.115. The molecule has 0 unspecified atom stereocenters. The topological polar surface area (TPSA) is 38.7 Å². The SMILES string of the molecule is CON=C(C)CC(C)=O. The molecule has 0 aromatic heterocycles. The van der Waals surface area contributed by atoms with Crippen molar-refractivity contribution >= 4 is 11.5 Å². The number of oxime groups is 1. The molecule has 0 saturated heterocycles. The van der Waals surface area contributed by atoms with E-state index in [9.17, 15) is 4.79 Å².